The fourth-order valence-corrected chi connectivity index (χ4v) is 4.85. The molecule has 25 heavy (non-hydrogen) atoms. The summed E-state index contributed by atoms with van der Waals surface area (Å²) in [6, 6.07) is 6.12. The van der Waals surface area contributed by atoms with E-state index in [9.17, 15) is 13.2 Å². The lowest BCUT2D eigenvalue weighted by Crippen LogP contribution is -2.50. The summed E-state index contributed by atoms with van der Waals surface area (Å²) in [5.41, 5.74) is 0.767. The van der Waals surface area contributed by atoms with Crippen molar-refractivity contribution in [1.29, 1.82) is 0 Å². The summed E-state index contributed by atoms with van der Waals surface area (Å²) in [6.45, 7) is 3.24. The number of carbonyl (C=O) groups is 1. The Bertz CT molecular complexity index is 857. The van der Waals surface area contributed by atoms with Crippen LogP contribution in [0.3, 0.4) is 0 Å². The summed E-state index contributed by atoms with van der Waals surface area (Å²) in [5, 5.41) is 3.31. The highest BCUT2D eigenvalue weighted by molar-refractivity contribution is 7.89. The molecule has 3 rings (SSSR count). The molecule has 1 aromatic carbocycles. The van der Waals surface area contributed by atoms with Gasteiger partial charge in [-0.2, -0.15) is 4.31 Å². The van der Waals surface area contributed by atoms with Gasteiger partial charge in [0.1, 0.15) is 0 Å². The molecule has 1 saturated heterocycles. The second-order valence-corrected chi connectivity index (χ2v) is 9.21. The normalized spacial score (nSPS) is 16.2. The van der Waals surface area contributed by atoms with E-state index in [1.165, 1.54) is 27.8 Å². The predicted molar refractivity (Wildman–Crippen MR) is 97.3 cm³/mol. The van der Waals surface area contributed by atoms with Gasteiger partial charge in [-0.05, 0) is 31.2 Å². The molecule has 9 heteroatoms. The highest BCUT2D eigenvalue weighted by Crippen LogP contribution is 2.20. The molecule has 0 spiro atoms. The van der Waals surface area contributed by atoms with Crippen molar-refractivity contribution >= 4 is 38.9 Å². The lowest BCUT2D eigenvalue weighted by atomic mass is 10.2. The van der Waals surface area contributed by atoms with Gasteiger partial charge in [-0.25, -0.2) is 13.4 Å². The Balaban J connectivity index is 1.61. The molecule has 1 amide bonds. The molecule has 0 N–H and O–H groups in total. The highest BCUT2D eigenvalue weighted by atomic mass is 35.5. The molecule has 1 aliphatic rings. The molecule has 2 aromatic rings. The molecule has 0 unspecified atom stereocenters. The third-order valence-corrected chi connectivity index (χ3v) is 7.03. The van der Waals surface area contributed by atoms with Crippen molar-refractivity contribution in [3.05, 3.63) is 45.4 Å². The first-order valence-corrected chi connectivity index (χ1v) is 10.5. The molecule has 1 aliphatic heterocycles. The Morgan fingerprint density at radius 2 is 1.84 bits per heavy atom. The number of halogens is 1. The molecule has 6 nitrogen and oxygen atoms in total. The van der Waals surface area contributed by atoms with Crippen LogP contribution in [0.25, 0.3) is 0 Å². The summed E-state index contributed by atoms with van der Waals surface area (Å²) in [7, 11) is -3.56. The SMILES string of the molecule is Cc1nc(CC(=O)N2CCN(S(=O)(=O)c3ccc(Cl)cc3)CC2)cs1. The maximum absolute atomic E-state index is 12.6. The van der Waals surface area contributed by atoms with Gasteiger partial charge in [-0.3, -0.25) is 4.79 Å². The first-order chi connectivity index (χ1) is 11.9. The van der Waals surface area contributed by atoms with Crippen molar-refractivity contribution in [3.63, 3.8) is 0 Å². The van der Waals surface area contributed by atoms with Crippen LogP contribution in [-0.4, -0.2) is 54.7 Å². The number of aryl methyl sites for hydroxylation is 1. The van der Waals surface area contributed by atoms with Gasteiger partial charge in [0.15, 0.2) is 0 Å². The van der Waals surface area contributed by atoms with Crippen LogP contribution in [0.2, 0.25) is 5.02 Å². The monoisotopic (exact) mass is 399 g/mol. The Morgan fingerprint density at radius 3 is 2.40 bits per heavy atom. The lowest BCUT2D eigenvalue weighted by molar-refractivity contribution is -0.131. The topological polar surface area (TPSA) is 70.6 Å². The van der Waals surface area contributed by atoms with Crippen LogP contribution in [-0.2, 0) is 21.2 Å². The number of thiazole rings is 1. The zero-order valence-corrected chi connectivity index (χ0v) is 16.1. The first-order valence-electron chi connectivity index (χ1n) is 7.81. The minimum absolute atomic E-state index is 0.0196. The van der Waals surface area contributed by atoms with Gasteiger partial charge in [0, 0.05) is 36.6 Å². The number of benzene rings is 1. The Morgan fingerprint density at radius 1 is 1.20 bits per heavy atom. The second kappa shape index (κ2) is 7.41. The van der Waals surface area contributed by atoms with Crippen LogP contribution >= 0.6 is 22.9 Å². The smallest absolute Gasteiger partial charge is 0.243 e. The van der Waals surface area contributed by atoms with E-state index in [0.717, 1.165) is 10.7 Å². The molecule has 0 radical (unpaired) electrons. The first kappa shape index (κ1) is 18.3. The van der Waals surface area contributed by atoms with Crippen molar-refractivity contribution in [2.45, 2.75) is 18.2 Å². The molecule has 0 saturated carbocycles. The van der Waals surface area contributed by atoms with Crippen LogP contribution in [0.1, 0.15) is 10.7 Å². The average molecular weight is 400 g/mol. The van der Waals surface area contributed by atoms with Crippen LogP contribution in [0.5, 0.6) is 0 Å². The largest absolute Gasteiger partial charge is 0.340 e. The van der Waals surface area contributed by atoms with Crippen LogP contribution in [0.4, 0.5) is 0 Å². The molecule has 2 heterocycles. The molecule has 0 atom stereocenters. The molecule has 0 bridgehead atoms. The minimum atomic E-state index is -3.56. The molecule has 0 aliphatic carbocycles. The number of nitrogens with zero attached hydrogens (tertiary/aromatic N) is 3. The van der Waals surface area contributed by atoms with Gasteiger partial charge >= 0.3 is 0 Å². The molecule has 1 aromatic heterocycles. The van der Waals surface area contributed by atoms with Gasteiger partial charge in [-0.15, -0.1) is 11.3 Å². The Hall–Kier alpha value is -1.48. The number of rotatable bonds is 4. The van der Waals surface area contributed by atoms with E-state index < -0.39 is 10.0 Å². The maximum atomic E-state index is 12.6. The van der Waals surface area contributed by atoms with E-state index in [1.807, 2.05) is 12.3 Å². The van der Waals surface area contributed by atoms with Gasteiger partial charge in [-0.1, -0.05) is 11.6 Å². The number of piperazine rings is 1. The van der Waals surface area contributed by atoms with Crippen molar-refractivity contribution in [2.75, 3.05) is 26.2 Å². The number of carbonyl (C=O) groups excluding carboxylic acids is 1. The summed E-state index contributed by atoms with van der Waals surface area (Å²) in [4.78, 5) is 18.6. The van der Waals surface area contributed by atoms with E-state index in [1.54, 1.807) is 17.0 Å². The van der Waals surface area contributed by atoms with Crippen molar-refractivity contribution < 1.29 is 13.2 Å². The van der Waals surface area contributed by atoms with Gasteiger partial charge in [0.2, 0.25) is 15.9 Å². The van der Waals surface area contributed by atoms with Gasteiger partial charge in [0.25, 0.3) is 0 Å². The number of amides is 1. The summed E-state index contributed by atoms with van der Waals surface area (Å²) in [5.74, 6) is -0.0196. The fourth-order valence-electron chi connectivity index (χ4n) is 2.69. The predicted octanol–water partition coefficient (Wildman–Crippen LogP) is 2.18. The maximum Gasteiger partial charge on any atom is 0.243 e. The van der Waals surface area contributed by atoms with E-state index in [2.05, 4.69) is 4.98 Å². The van der Waals surface area contributed by atoms with Crippen LogP contribution in [0, 0.1) is 6.92 Å². The molecular formula is C16H18ClN3O3S2. The standard InChI is InChI=1S/C16H18ClN3O3S2/c1-12-18-14(11-24-12)10-16(21)19-6-8-20(9-7-19)25(22,23)15-4-2-13(17)3-5-15/h2-5,11H,6-10H2,1H3. The molecule has 134 valence electrons. The van der Waals surface area contributed by atoms with Gasteiger partial charge in [0.05, 0.1) is 22.0 Å². The average Bonchev–Trinajstić information content (AvgIpc) is 3.00. The van der Waals surface area contributed by atoms with E-state index in [4.69, 9.17) is 11.6 Å². The van der Waals surface area contributed by atoms with E-state index in [-0.39, 0.29) is 30.3 Å². The van der Waals surface area contributed by atoms with Crippen molar-refractivity contribution in [2.24, 2.45) is 0 Å². The quantitative estimate of drug-likeness (QED) is 0.790. The molecular weight excluding hydrogens is 382 g/mol. The number of aromatic nitrogens is 1. The second-order valence-electron chi connectivity index (χ2n) is 5.77. The highest BCUT2D eigenvalue weighted by Gasteiger charge is 2.30. The number of sulfonamides is 1. The van der Waals surface area contributed by atoms with Gasteiger partial charge < -0.3 is 4.90 Å². The zero-order chi connectivity index (χ0) is 18.0. The summed E-state index contributed by atoms with van der Waals surface area (Å²) < 4.78 is 26.7. The van der Waals surface area contributed by atoms with E-state index in [0.29, 0.717) is 18.1 Å². The van der Waals surface area contributed by atoms with Crippen LogP contribution in [0.15, 0.2) is 34.5 Å². The van der Waals surface area contributed by atoms with Crippen molar-refractivity contribution in [3.8, 4) is 0 Å². The molecule has 1 fully saturated rings. The third-order valence-electron chi connectivity index (χ3n) is 4.04. The summed E-state index contributed by atoms with van der Waals surface area (Å²) >= 11 is 7.33. The lowest BCUT2D eigenvalue weighted by Gasteiger charge is -2.34. The van der Waals surface area contributed by atoms with Crippen molar-refractivity contribution in [1.82, 2.24) is 14.2 Å². The zero-order valence-electron chi connectivity index (χ0n) is 13.7. The Kier molecular flexibility index (Phi) is 5.43. The Labute approximate surface area is 156 Å². The van der Waals surface area contributed by atoms with Crippen LogP contribution < -0.4 is 0 Å². The number of hydrogen-bond donors (Lipinski definition) is 0. The third kappa shape index (κ3) is 4.20. The van der Waals surface area contributed by atoms with E-state index >= 15 is 0 Å². The minimum Gasteiger partial charge on any atom is -0.340 e. The number of hydrogen-bond acceptors (Lipinski definition) is 5. The fraction of sp³-hybridized carbons (Fsp3) is 0.375. The summed E-state index contributed by atoms with van der Waals surface area (Å²) in [6.07, 6.45) is 0.258.